The third kappa shape index (κ3) is 3.50. The minimum absolute atomic E-state index is 0.0429. The van der Waals surface area contributed by atoms with Gasteiger partial charge in [-0.1, -0.05) is 30.8 Å². The number of thioether (sulfide) groups is 1. The van der Waals surface area contributed by atoms with Crippen molar-refractivity contribution in [3.63, 3.8) is 0 Å². The van der Waals surface area contributed by atoms with Gasteiger partial charge in [-0.2, -0.15) is 0 Å². The van der Waals surface area contributed by atoms with Gasteiger partial charge in [-0.05, 0) is 32.4 Å². The molecule has 118 valence electrons. The van der Waals surface area contributed by atoms with Gasteiger partial charge in [0.25, 0.3) is 5.56 Å². The highest BCUT2D eigenvalue weighted by Gasteiger charge is 2.16. The van der Waals surface area contributed by atoms with Gasteiger partial charge in [-0.3, -0.25) is 14.2 Å². The summed E-state index contributed by atoms with van der Waals surface area (Å²) in [6, 6.07) is 7.37. The lowest BCUT2D eigenvalue weighted by molar-refractivity contribution is -0.118. The highest BCUT2D eigenvalue weighted by molar-refractivity contribution is 7.99. The van der Waals surface area contributed by atoms with Crippen molar-refractivity contribution in [2.45, 2.75) is 38.4 Å². The lowest BCUT2D eigenvalue weighted by atomic mass is 10.2. The van der Waals surface area contributed by atoms with Crippen LogP contribution >= 0.6 is 11.8 Å². The van der Waals surface area contributed by atoms with Gasteiger partial charge in [-0.25, -0.2) is 4.98 Å². The highest BCUT2D eigenvalue weighted by atomic mass is 32.2. The Morgan fingerprint density at radius 1 is 1.36 bits per heavy atom. The molecule has 0 bridgehead atoms. The van der Waals surface area contributed by atoms with Crippen LogP contribution in [0, 0.1) is 0 Å². The Morgan fingerprint density at radius 3 is 2.77 bits per heavy atom. The Bertz CT molecular complexity index is 727. The summed E-state index contributed by atoms with van der Waals surface area (Å²) in [5.74, 6) is 0.209. The number of hydrogen-bond donors (Lipinski definition) is 1. The van der Waals surface area contributed by atoms with Crippen LogP contribution in [-0.2, 0) is 4.79 Å². The Labute approximate surface area is 134 Å². The molecule has 6 heteroatoms. The summed E-state index contributed by atoms with van der Waals surface area (Å²) in [6.07, 6.45) is 0.828. The molecule has 0 radical (unpaired) electrons. The Kier molecular flexibility index (Phi) is 5.60. The zero-order chi connectivity index (χ0) is 16.1. The van der Waals surface area contributed by atoms with Crippen molar-refractivity contribution in [1.29, 1.82) is 0 Å². The lowest BCUT2D eigenvalue weighted by Gasteiger charge is -2.18. The molecular weight excluding hydrogens is 298 g/mol. The van der Waals surface area contributed by atoms with E-state index in [1.54, 1.807) is 10.6 Å². The van der Waals surface area contributed by atoms with Gasteiger partial charge in [0.1, 0.15) is 0 Å². The van der Waals surface area contributed by atoms with E-state index in [9.17, 15) is 9.59 Å². The highest BCUT2D eigenvalue weighted by Crippen LogP contribution is 2.22. The van der Waals surface area contributed by atoms with E-state index < -0.39 is 0 Å². The fourth-order valence-electron chi connectivity index (χ4n) is 2.18. The molecule has 2 aromatic rings. The first-order valence-corrected chi connectivity index (χ1v) is 8.47. The second kappa shape index (κ2) is 7.45. The van der Waals surface area contributed by atoms with Crippen LogP contribution in [0.15, 0.2) is 34.2 Å². The van der Waals surface area contributed by atoms with Gasteiger partial charge in [0, 0.05) is 12.6 Å². The van der Waals surface area contributed by atoms with E-state index in [2.05, 4.69) is 10.3 Å². The molecule has 5 nitrogen and oxygen atoms in total. The molecule has 0 aliphatic rings. The predicted octanol–water partition coefficient (Wildman–Crippen LogP) is 2.60. The van der Waals surface area contributed by atoms with Crippen LogP contribution in [-0.4, -0.2) is 27.8 Å². The van der Waals surface area contributed by atoms with E-state index in [-0.39, 0.29) is 23.3 Å². The molecule has 1 aromatic heterocycles. The summed E-state index contributed by atoms with van der Waals surface area (Å²) in [6.45, 7) is 6.51. The number of rotatable bonds is 6. The minimum Gasteiger partial charge on any atom is -0.356 e. The number of nitrogens with one attached hydrogen (secondary N) is 1. The van der Waals surface area contributed by atoms with Gasteiger partial charge >= 0.3 is 0 Å². The van der Waals surface area contributed by atoms with E-state index in [0.29, 0.717) is 22.6 Å². The molecule has 1 unspecified atom stereocenters. The molecule has 1 heterocycles. The van der Waals surface area contributed by atoms with Crippen LogP contribution in [0.1, 0.15) is 33.2 Å². The van der Waals surface area contributed by atoms with Crippen molar-refractivity contribution in [3.05, 3.63) is 34.6 Å². The van der Waals surface area contributed by atoms with Gasteiger partial charge < -0.3 is 5.32 Å². The van der Waals surface area contributed by atoms with Crippen molar-refractivity contribution in [3.8, 4) is 0 Å². The smallest absolute Gasteiger partial charge is 0.262 e. The van der Waals surface area contributed by atoms with E-state index in [0.717, 1.165) is 6.42 Å². The number of nitrogens with zero attached hydrogens (tertiary/aromatic N) is 2. The molecule has 0 spiro atoms. The maximum atomic E-state index is 12.7. The van der Waals surface area contributed by atoms with Crippen molar-refractivity contribution in [1.82, 2.24) is 14.9 Å². The third-order valence-corrected chi connectivity index (χ3v) is 4.47. The topological polar surface area (TPSA) is 64.0 Å². The number of aromatic nitrogens is 2. The second-order valence-corrected chi connectivity index (χ2v) is 6.03. The Morgan fingerprint density at radius 2 is 2.09 bits per heavy atom. The first kappa shape index (κ1) is 16.5. The number of carbonyl (C=O) groups excluding carboxylic acids is 1. The van der Waals surface area contributed by atoms with E-state index in [1.165, 1.54) is 11.8 Å². The SMILES string of the molecule is CCNC(=O)CSc1nc2ccccc2c(=O)n1C(C)CC. The molecule has 1 N–H and O–H groups in total. The number of hydrogen-bond acceptors (Lipinski definition) is 4. The van der Waals surface area contributed by atoms with Crippen molar-refractivity contribution in [2.75, 3.05) is 12.3 Å². The fourth-order valence-corrected chi connectivity index (χ4v) is 3.10. The quantitative estimate of drug-likeness (QED) is 0.656. The normalized spacial score (nSPS) is 12.3. The number of carbonyl (C=O) groups is 1. The molecule has 0 saturated carbocycles. The van der Waals surface area contributed by atoms with E-state index >= 15 is 0 Å². The van der Waals surface area contributed by atoms with Crippen molar-refractivity contribution >= 4 is 28.6 Å². The summed E-state index contributed by atoms with van der Waals surface area (Å²) in [7, 11) is 0. The number of amides is 1. The summed E-state index contributed by atoms with van der Waals surface area (Å²) in [4.78, 5) is 29.0. The number of benzene rings is 1. The zero-order valence-electron chi connectivity index (χ0n) is 13.1. The third-order valence-electron chi connectivity index (χ3n) is 3.51. The average Bonchev–Trinajstić information content (AvgIpc) is 2.52. The summed E-state index contributed by atoms with van der Waals surface area (Å²) in [5.41, 5.74) is 0.629. The van der Waals surface area contributed by atoms with Crippen LogP contribution in [0.4, 0.5) is 0 Å². The van der Waals surface area contributed by atoms with Crippen LogP contribution in [0.3, 0.4) is 0 Å². The molecular formula is C16H21N3O2S. The van der Waals surface area contributed by atoms with Crippen LogP contribution in [0.25, 0.3) is 10.9 Å². The van der Waals surface area contributed by atoms with Gasteiger partial charge in [0.15, 0.2) is 5.16 Å². The molecule has 0 aliphatic heterocycles. The van der Waals surface area contributed by atoms with Gasteiger partial charge in [0.05, 0.1) is 16.7 Å². The van der Waals surface area contributed by atoms with Crippen LogP contribution in [0.5, 0.6) is 0 Å². The predicted molar refractivity (Wildman–Crippen MR) is 90.4 cm³/mol. The number of fused-ring (bicyclic) bond motifs is 1. The lowest BCUT2D eigenvalue weighted by Crippen LogP contribution is -2.28. The van der Waals surface area contributed by atoms with Gasteiger partial charge in [-0.15, -0.1) is 0 Å². The first-order valence-electron chi connectivity index (χ1n) is 7.49. The largest absolute Gasteiger partial charge is 0.356 e. The average molecular weight is 319 g/mol. The summed E-state index contributed by atoms with van der Waals surface area (Å²) >= 11 is 1.31. The standard InChI is InChI=1S/C16H21N3O2S/c1-4-11(3)19-15(21)12-8-6-7-9-13(12)18-16(19)22-10-14(20)17-5-2/h6-9,11H,4-5,10H2,1-3H3,(H,17,20). The summed E-state index contributed by atoms with van der Waals surface area (Å²) < 4.78 is 1.70. The molecule has 1 aromatic carbocycles. The maximum Gasteiger partial charge on any atom is 0.262 e. The molecule has 2 rings (SSSR count). The van der Waals surface area contributed by atoms with Crippen molar-refractivity contribution < 1.29 is 4.79 Å². The summed E-state index contributed by atoms with van der Waals surface area (Å²) in [5, 5.41) is 3.97. The molecule has 1 amide bonds. The molecule has 0 fully saturated rings. The first-order chi connectivity index (χ1) is 10.6. The van der Waals surface area contributed by atoms with Crippen LogP contribution in [0.2, 0.25) is 0 Å². The van der Waals surface area contributed by atoms with Crippen LogP contribution < -0.4 is 10.9 Å². The van der Waals surface area contributed by atoms with Gasteiger partial charge in [0.2, 0.25) is 5.91 Å². The van der Waals surface area contributed by atoms with E-state index in [4.69, 9.17) is 0 Å². The molecule has 22 heavy (non-hydrogen) atoms. The minimum atomic E-state index is -0.0504. The Balaban J connectivity index is 2.46. The monoisotopic (exact) mass is 319 g/mol. The number of para-hydroxylation sites is 1. The fraction of sp³-hybridized carbons (Fsp3) is 0.438. The van der Waals surface area contributed by atoms with Crippen molar-refractivity contribution in [2.24, 2.45) is 0 Å². The maximum absolute atomic E-state index is 12.7. The molecule has 0 saturated heterocycles. The zero-order valence-corrected chi connectivity index (χ0v) is 13.9. The second-order valence-electron chi connectivity index (χ2n) is 5.09. The van der Waals surface area contributed by atoms with E-state index in [1.807, 2.05) is 39.0 Å². The molecule has 0 aliphatic carbocycles. The Hall–Kier alpha value is -1.82. The molecule has 1 atom stereocenters.